The minimum atomic E-state index is -0.836. The first kappa shape index (κ1) is 13.5. The van der Waals surface area contributed by atoms with Gasteiger partial charge in [-0.05, 0) is 30.9 Å². The van der Waals surface area contributed by atoms with Crippen molar-refractivity contribution in [1.29, 1.82) is 0 Å². The van der Waals surface area contributed by atoms with Gasteiger partial charge in [-0.15, -0.1) is 0 Å². The van der Waals surface area contributed by atoms with Crippen LogP contribution in [0.25, 0.3) is 0 Å². The Morgan fingerprint density at radius 3 is 3.00 bits per heavy atom. The number of carbonyl (C=O) groups excluding carboxylic acids is 1. The summed E-state index contributed by atoms with van der Waals surface area (Å²) >= 11 is 0. The molecule has 19 heavy (non-hydrogen) atoms. The van der Waals surface area contributed by atoms with Crippen molar-refractivity contribution in [2.24, 2.45) is 0 Å². The fourth-order valence-electron chi connectivity index (χ4n) is 2.52. The SMILES string of the molecule is O=C(O)CC1CCCN1C(=O)CCc1cccnc1. The predicted molar refractivity (Wildman–Crippen MR) is 69.5 cm³/mol. The van der Waals surface area contributed by atoms with E-state index in [-0.39, 0.29) is 18.4 Å². The number of carboxylic acid groups (broad SMARTS) is 1. The molecule has 1 N–H and O–H groups in total. The third-order valence-electron chi connectivity index (χ3n) is 3.46. The smallest absolute Gasteiger partial charge is 0.305 e. The number of carbonyl (C=O) groups is 2. The van der Waals surface area contributed by atoms with Crippen molar-refractivity contribution in [3.63, 3.8) is 0 Å². The molecule has 1 unspecified atom stereocenters. The highest BCUT2D eigenvalue weighted by molar-refractivity contribution is 5.78. The van der Waals surface area contributed by atoms with Gasteiger partial charge in [0.25, 0.3) is 0 Å². The van der Waals surface area contributed by atoms with Crippen molar-refractivity contribution in [2.45, 2.75) is 38.1 Å². The van der Waals surface area contributed by atoms with Gasteiger partial charge >= 0.3 is 5.97 Å². The van der Waals surface area contributed by atoms with Crippen LogP contribution in [0.4, 0.5) is 0 Å². The zero-order valence-corrected chi connectivity index (χ0v) is 10.8. The van der Waals surface area contributed by atoms with E-state index in [0.717, 1.165) is 18.4 Å². The van der Waals surface area contributed by atoms with Gasteiger partial charge in [0.1, 0.15) is 0 Å². The van der Waals surface area contributed by atoms with Crippen LogP contribution in [0.3, 0.4) is 0 Å². The lowest BCUT2D eigenvalue weighted by Crippen LogP contribution is -2.36. The number of pyridine rings is 1. The van der Waals surface area contributed by atoms with Crippen LogP contribution in [-0.2, 0) is 16.0 Å². The van der Waals surface area contributed by atoms with E-state index in [1.165, 1.54) is 0 Å². The van der Waals surface area contributed by atoms with Crippen molar-refractivity contribution < 1.29 is 14.7 Å². The number of aromatic nitrogens is 1. The largest absolute Gasteiger partial charge is 0.481 e. The summed E-state index contributed by atoms with van der Waals surface area (Å²) in [6.07, 6.45) is 6.28. The number of aryl methyl sites for hydroxylation is 1. The van der Waals surface area contributed by atoms with Crippen LogP contribution in [0.2, 0.25) is 0 Å². The Balaban J connectivity index is 1.87. The van der Waals surface area contributed by atoms with Crippen LogP contribution in [0.15, 0.2) is 24.5 Å². The molecule has 0 radical (unpaired) electrons. The van der Waals surface area contributed by atoms with Crippen LogP contribution in [-0.4, -0.2) is 39.5 Å². The second-order valence-corrected chi connectivity index (χ2v) is 4.84. The lowest BCUT2D eigenvalue weighted by molar-refractivity contribution is -0.139. The Kier molecular flexibility index (Phi) is 4.49. The molecule has 1 fully saturated rings. The number of rotatable bonds is 5. The lowest BCUT2D eigenvalue weighted by atomic mass is 10.1. The van der Waals surface area contributed by atoms with E-state index < -0.39 is 5.97 Å². The molecule has 1 saturated heterocycles. The monoisotopic (exact) mass is 262 g/mol. The molecule has 5 nitrogen and oxygen atoms in total. The van der Waals surface area contributed by atoms with Gasteiger partial charge in [0, 0.05) is 31.4 Å². The number of hydrogen-bond acceptors (Lipinski definition) is 3. The van der Waals surface area contributed by atoms with Gasteiger partial charge in [0.05, 0.1) is 6.42 Å². The molecular formula is C14H18N2O3. The summed E-state index contributed by atoms with van der Waals surface area (Å²) in [6, 6.07) is 3.67. The maximum Gasteiger partial charge on any atom is 0.305 e. The van der Waals surface area contributed by atoms with Gasteiger partial charge in [-0.3, -0.25) is 14.6 Å². The van der Waals surface area contributed by atoms with Gasteiger partial charge in [-0.25, -0.2) is 0 Å². The average molecular weight is 262 g/mol. The zero-order valence-electron chi connectivity index (χ0n) is 10.8. The topological polar surface area (TPSA) is 70.5 Å². The van der Waals surface area contributed by atoms with Crippen LogP contribution in [0.1, 0.15) is 31.2 Å². The maximum absolute atomic E-state index is 12.1. The minimum Gasteiger partial charge on any atom is -0.481 e. The second kappa shape index (κ2) is 6.31. The van der Waals surface area contributed by atoms with E-state index >= 15 is 0 Å². The van der Waals surface area contributed by atoms with Gasteiger partial charge in [0.2, 0.25) is 5.91 Å². The molecule has 0 aromatic carbocycles. The highest BCUT2D eigenvalue weighted by Gasteiger charge is 2.29. The van der Waals surface area contributed by atoms with E-state index in [4.69, 9.17) is 5.11 Å². The predicted octanol–water partition coefficient (Wildman–Crippen LogP) is 1.48. The molecule has 1 aromatic rings. The molecule has 1 atom stereocenters. The lowest BCUT2D eigenvalue weighted by Gasteiger charge is -2.23. The summed E-state index contributed by atoms with van der Waals surface area (Å²) in [5.74, 6) is -0.787. The summed E-state index contributed by atoms with van der Waals surface area (Å²) in [7, 11) is 0. The second-order valence-electron chi connectivity index (χ2n) is 4.84. The number of nitrogens with zero attached hydrogens (tertiary/aromatic N) is 2. The third-order valence-corrected chi connectivity index (χ3v) is 3.46. The zero-order chi connectivity index (χ0) is 13.7. The Morgan fingerprint density at radius 2 is 2.32 bits per heavy atom. The maximum atomic E-state index is 12.1. The molecule has 2 heterocycles. The Morgan fingerprint density at radius 1 is 1.47 bits per heavy atom. The first-order chi connectivity index (χ1) is 9.16. The van der Waals surface area contributed by atoms with Crippen molar-refractivity contribution in [3.8, 4) is 0 Å². The molecule has 0 saturated carbocycles. The molecule has 2 rings (SSSR count). The Bertz CT molecular complexity index is 447. The van der Waals surface area contributed by atoms with Crippen LogP contribution < -0.4 is 0 Å². The van der Waals surface area contributed by atoms with Crippen LogP contribution >= 0.6 is 0 Å². The first-order valence-corrected chi connectivity index (χ1v) is 6.57. The fourth-order valence-corrected chi connectivity index (χ4v) is 2.52. The van der Waals surface area contributed by atoms with Gasteiger partial charge in [0.15, 0.2) is 0 Å². The molecule has 0 aliphatic carbocycles. The number of aliphatic carboxylic acids is 1. The van der Waals surface area contributed by atoms with E-state index in [2.05, 4.69) is 4.98 Å². The van der Waals surface area contributed by atoms with E-state index in [9.17, 15) is 9.59 Å². The van der Waals surface area contributed by atoms with E-state index in [0.29, 0.717) is 19.4 Å². The van der Waals surface area contributed by atoms with E-state index in [1.54, 1.807) is 17.3 Å². The number of carboxylic acids is 1. The van der Waals surface area contributed by atoms with Crippen molar-refractivity contribution >= 4 is 11.9 Å². The highest BCUT2D eigenvalue weighted by Crippen LogP contribution is 2.21. The molecule has 1 amide bonds. The molecular weight excluding hydrogens is 244 g/mol. The molecule has 0 bridgehead atoms. The standard InChI is InChI=1S/C14H18N2O3/c17-13(6-5-11-3-1-7-15-10-11)16-8-2-4-12(16)9-14(18)19/h1,3,7,10,12H,2,4-6,8-9H2,(H,18,19). The van der Waals surface area contributed by atoms with Gasteiger partial charge in [-0.2, -0.15) is 0 Å². The fraction of sp³-hybridized carbons (Fsp3) is 0.500. The minimum absolute atomic E-state index is 0.0487. The molecule has 5 heteroatoms. The summed E-state index contributed by atoms with van der Waals surface area (Å²) in [6.45, 7) is 0.684. The van der Waals surface area contributed by atoms with Crippen LogP contribution in [0.5, 0.6) is 0 Å². The quantitative estimate of drug-likeness (QED) is 0.872. The first-order valence-electron chi connectivity index (χ1n) is 6.57. The van der Waals surface area contributed by atoms with Crippen molar-refractivity contribution in [2.75, 3.05) is 6.54 Å². The number of likely N-dealkylation sites (tertiary alicyclic amines) is 1. The van der Waals surface area contributed by atoms with Crippen LogP contribution in [0, 0.1) is 0 Å². The number of hydrogen-bond donors (Lipinski definition) is 1. The third kappa shape index (κ3) is 3.77. The highest BCUT2D eigenvalue weighted by atomic mass is 16.4. The Labute approximate surface area is 112 Å². The summed E-state index contributed by atoms with van der Waals surface area (Å²) < 4.78 is 0. The molecule has 102 valence electrons. The van der Waals surface area contributed by atoms with E-state index in [1.807, 2.05) is 12.1 Å². The molecule has 0 spiro atoms. The normalized spacial score (nSPS) is 18.5. The summed E-state index contributed by atoms with van der Waals surface area (Å²) in [5.41, 5.74) is 1.03. The van der Waals surface area contributed by atoms with Crippen molar-refractivity contribution in [3.05, 3.63) is 30.1 Å². The Hall–Kier alpha value is -1.91. The average Bonchev–Trinajstić information content (AvgIpc) is 2.84. The molecule has 1 aliphatic rings. The van der Waals surface area contributed by atoms with Gasteiger partial charge < -0.3 is 10.0 Å². The summed E-state index contributed by atoms with van der Waals surface area (Å²) in [5, 5.41) is 8.84. The van der Waals surface area contributed by atoms with Crippen molar-refractivity contribution in [1.82, 2.24) is 9.88 Å². The molecule has 1 aliphatic heterocycles. The number of amides is 1. The summed E-state index contributed by atoms with van der Waals surface area (Å²) in [4.78, 5) is 28.6. The van der Waals surface area contributed by atoms with Gasteiger partial charge in [-0.1, -0.05) is 6.07 Å². The molecule has 1 aromatic heterocycles.